The number of carbonyl (C=O) groups is 1. The maximum absolute atomic E-state index is 11.6. The molecule has 1 aliphatic rings. The Hall–Kier alpha value is -0.770. The molecule has 1 rings (SSSR count). The highest BCUT2D eigenvalue weighted by Crippen LogP contribution is 2.08. The zero-order valence-corrected chi connectivity index (χ0v) is 17.4. The van der Waals surface area contributed by atoms with Crippen LogP contribution in [0.15, 0.2) is 0 Å². The van der Waals surface area contributed by atoms with E-state index in [0.717, 1.165) is 45.9 Å². The van der Waals surface area contributed by atoms with E-state index in [1.165, 1.54) is 0 Å². The first kappa shape index (κ1) is 24.3. The lowest BCUT2D eigenvalue weighted by atomic mass is 10.2. The van der Waals surface area contributed by atoms with Crippen molar-refractivity contribution in [3.8, 4) is 0 Å². The molecular formula is C19H39N3O5. The van der Waals surface area contributed by atoms with Gasteiger partial charge >= 0.3 is 5.97 Å². The molecular weight excluding hydrogens is 350 g/mol. The van der Waals surface area contributed by atoms with Gasteiger partial charge < -0.3 is 24.7 Å². The van der Waals surface area contributed by atoms with Crippen molar-refractivity contribution in [1.82, 2.24) is 9.80 Å². The Kier molecular flexibility index (Phi) is 12.8. The Morgan fingerprint density at radius 1 is 0.815 bits per heavy atom. The van der Waals surface area contributed by atoms with E-state index >= 15 is 0 Å². The summed E-state index contributed by atoms with van der Waals surface area (Å²) >= 11 is 0. The van der Waals surface area contributed by atoms with Gasteiger partial charge in [-0.3, -0.25) is 14.6 Å². The molecule has 0 radical (unpaired) electrons. The second kappa shape index (κ2) is 14.3. The van der Waals surface area contributed by atoms with Crippen molar-refractivity contribution in [3.63, 3.8) is 0 Å². The predicted molar refractivity (Wildman–Crippen MR) is 105 cm³/mol. The van der Waals surface area contributed by atoms with E-state index in [0.29, 0.717) is 46.0 Å². The molecule has 8 heteroatoms. The predicted octanol–water partition coefficient (Wildman–Crippen LogP) is 0.344. The van der Waals surface area contributed by atoms with Crippen molar-refractivity contribution in [2.24, 2.45) is 5.73 Å². The van der Waals surface area contributed by atoms with Crippen LogP contribution in [0.25, 0.3) is 0 Å². The third-order valence-corrected chi connectivity index (χ3v) is 4.07. The molecule has 0 spiro atoms. The number of hydrogen-bond acceptors (Lipinski definition) is 8. The van der Waals surface area contributed by atoms with Gasteiger partial charge in [0.25, 0.3) is 0 Å². The van der Waals surface area contributed by atoms with Crippen LogP contribution in [0.5, 0.6) is 0 Å². The molecule has 27 heavy (non-hydrogen) atoms. The maximum atomic E-state index is 11.6. The first-order valence-corrected chi connectivity index (χ1v) is 10.0. The molecule has 0 aromatic heterocycles. The molecule has 0 unspecified atom stereocenters. The first-order chi connectivity index (χ1) is 12.9. The molecule has 0 aromatic rings. The number of piperazine rings is 1. The Bertz CT molecular complexity index is 382. The van der Waals surface area contributed by atoms with Crippen LogP contribution >= 0.6 is 0 Å². The van der Waals surface area contributed by atoms with Crippen molar-refractivity contribution in [3.05, 3.63) is 0 Å². The summed E-state index contributed by atoms with van der Waals surface area (Å²) in [5, 5.41) is 0. The summed E-state index contributed by atoms with van der Waals surface area (Å²) in [7, 11) is 0. The summed E-state index contributed by atoms with van der Waals surface area (Å²) in [6.45, 7) is 15.8. The van der Waals surface area contributed by atoms with Gasteiger partial charge in [0, 0.05) is 45.8 Å². The minimum Gasteiger partial charge on any atom is -0.460 e. The van der Waals surface area contributed by atoms with Crippen LogP contribution in [-0.4, -0.2) is 107 Å². The Morgan fingerprint density at radius 3 is 1.78 bits per heavy atom. The van der Waals surface area contributed by atoms with Gasteiger partial charge in [-0.05, 0) is 20.8 Å². The summed E-state index contributed by atoms with van der Waals surface area (Å²) in [5.41, 5.74) is 4.92. The summed E-state index contributed by atoms with van der Waals surface area (Å²) in [4.78, 5) is 16.4. The summed E-state index contributed by atoms with van der Waals surface area (Å²) < 4.78 is 21.7. The van der Waals surface area contributed by atoms with Crippen molar-refractivity contribution in [1.29, 1.82) is 0 Å². The molecule has 0 bridgehead atoms. The van der Waals surface area contributed by atoms with E-state index in [1.807, 2.05) is 20.8 Å². The van der Waals surface area contributed by atoms with Gasteiger partial charge in [-0.15, -0.1) is 0 Å². The van der Waals surface area contributed by atoms with E-state index in [-0.39, 0.29) is 5.97 Å². The highest BCUT2D eigenvalue weighted by atomic mass is 16.6. The number of nitrogens with zero attached hydrogens (tertiary/aromatic N) is 2. The number of esters is 1. The van der Waals surface area contributed by atoms with E-state index in [9.17, 15) is 4.79 Å². The first-order valence-electron chi connectivity index (χ1n) is 10.0. The van der Waals surface area contributed by atoms with Gasteiger partial charge in [0.1, 0.15) is 5.60 Å². The van der Waals surface area contributed by atoms with Gasteiger partial charge in [0.2, 0.25) is 0 Å². The van der Waals surface area contributed by atoms with Crippen molar-refractivity contribution < 1.29 is 23.7 Å². The lowest BCUT2D eigenvalue weighted by Crippen LogP contribution is -2.48. The molecule has 0 atom stereocenters. The van der Waals surface area contributed by atoms with Gasteiger partial charge in [-0.25, -0.2) is 0 Å². The van der Waals surface area contributed by atoms with Crippen molar-refractivity contribution in [2.45, 2.75) is 32.8 Å². The highest BCUT2D eigenvalue weighted by molar-refractivity contribution is 5.69. The molecule has 1 heterocycles. The second-order valence-electron chi connectivity index (χ2n) is 7.65. The number of rotatable bonds is 14. The van der Waals surface area contributed by atoms with Gasteiger partial charge in [-0.2, -0.15) is 0 Å². The molecule has 0 aromatic carbocycles. The standard InChI is InChI=1S/C19H39N3O5/c1-19(2,3)27-18(23)4-12-24-14-10-21-6-8-22(9-7-21)11-15-26-17-16-25-13-5-20/h4-17,20H2,1-3H3. The smallest absolute Gasteiger partial charge is 0.308 e. The molecule has 8 nitrogen and oxygen atoms in total. The van der Waals surface area contributed by atoms with Gasteiger partial charge in [0.05, 0.1) is 46.1 Å². The zero-order valence-electron chi connectivity index (χ0n) is 17.4. The Labute approximate surface area is 164 Å². The summed E-state index contributed by atoms with van der Waals surface area (Å²) in [6.07, 6.45) is 0.308. The van der Waals surface area contributed by atoms with Gasteiger partial charge in [0.15, 0.2) is 0 Å². The van der Waals surface area contributed by atoms with Crippen LogP contribution < -0.4 is 5.73 Å². The van der Waals surface area contributed by atoms with Gasteiger partial charge in [-0.1, -0.05) is 0 Å². The monoisotopic (exact) mass is 389 g/mol. The lowest BCUT2D eigenvalue weighted by Gasteiger charge is -2.34. The van der Waals surface area contributed by atoms with Crippen LogP contribution in [0.2, 0.25) is 0 Å². The molecule has 160 valence electrons. The molecule has 1 fully saturated rings. The average molecular weight is 390 g/mol. The third kappa shape index (κ3) is 14.0. The van der Waals surface area contributed by atoms with E-state index < -0.39 is 5.60 Å². The van der Waals surface area contributed by atoms with Crippen LogP contribution in [0.4, 0.5) is 0 Å². The normalized spacial score (nSPS) is 16.6. The number of ether oxygens (including phenoxy) is 4. The fraction of sp³-hybridized carbons (Fsp3) is 0.947. The topological polar surface area (TPSA) is 86.5 Å². The fourth-order valence-corrected chi connectivity index (χ4v) is 2.68. The van der Waals surface area contributed by atoms with Crippen LogP contribution in [0, 0.1) is 0 Å². The largest absolute Gasteiger partial charge is 0.460 e. The molecule has 1 aliphatic heterocycles. The van der Waals surface area contributed by atoms with E-state index in [4.69, 9.17) is 24.7 Å². The molecule has 0 saturated carbocycles. The van der Waals surface area contributed by atoms with E-state index in [1.54, 1.807) is 0 Å². The third-order valence-electron chi connectivity index (χ3n) is 4.07. The Morgan fingerprint density at radius 2 is 1.30 bits per heavy atom. The molecule has 0 amide bonds. The van der Waals surface area contributed by atoms with Crippen LogP contribution in [0.3, 0.4) is 0 Å². The van der Waals surface area contributed by atoms with Crippen LogP contribution in [0.1, 0.15) is 27.2 Å². The maximum Gasteiger partial charge on any atom is 0.308 e. The molecule has 0 aliphatic carbocycles. The average Bonchev–Trinajstić information content (AvgIpc) is 2.60. The SMILES string of the molecule is CC(C)(C)OC(=O)CCOCCN1CCN(CCOCCOCCN)CC1. The quantitative estimate of drug-likeness (QED) is 0.336. The summed E-state index contributed by atoms with van der Waals surface area (Å²) in [6, 6.07) is 0. The minimum atomic E-state index is -0.430. The summed E-state index contributed by atoms with van der Waals surface area (Å²) in [5.74, 6) is -0.204. The molecule has 1 saturated heterocycles. The second-order valence-corrected chi connectivity index (χ2v) is 7.65. The Balaban J connectivity index is 1.93. The van der Waals surface area contributed by atoms with Crippen molar-refractivity contribution in [2.75, 3.05) is 85.5 Å². The number of nitrogens with two attached hydrogens (primary N) is 1. The zero-order chi connectivity index (χ0) is 20.0. The fourth-order valence-electron chi connectivity index (χ4n) is 2.68. The highest BCUT2D eigenvalue weighted by Gasteiger charge is 2.17. The molecule has 2 N–H and O–H groups in total. The van der Waals surface area contributed by atoms with Crippen molar-refractivity contribution >= 4 is 5.97 Å². The lowest BCUT2D eigenvalue weighted by molar-refractivity contribution is -0.156. The van der Waals surface area contributed by atoms with Crippen LogP contribution in [-0.2, 0) is 23.7 Å². The number of hydrogen-bond donors (Lipinski definition) is 1. The minimum absolute atomic E-state index is 0.204. The number of carbonyl (C=O) groups excluding carboxylic acids is 1. The van der Waals surface area contributed by atoms with E-state index in [2.05, 4.69) is 9.80 Å².